The summed E-state index contributed by atoms with van der Waals surface area (Å²) in [5.74, 6) is 2.00. The van der Waals surface area contributed by atoms with E-state index >= 15 is 0 Å². The number of hydrogen-bond acceptors (Lipinski definition) is 2. The summed E-state index contributed by atoms with van der Waals surface area (Å²) in [6.07, 6.45) is 0. The molecule has 0 N–H and O–H groups in total. The number of hydrogen-bond donors (Lipinski definition) is 0. The fourth-order valence-corrected chi connectivity index (χ4v) is 14.8. The average molecular weight is 1010 g/mol. The van der Waals surface area contributed by atoms with E-state index in [2.05, 4.69) is 238 Å². The molecule has 4 nitrogen and oxygen atoms in total. The summed E-state index contributed by atoms with van der Waals surface area (Å²) in [7, 11) is 0. The standard InChI is InChI=1S/C72H66B2N2O2/c1-37(2)43-31-51(39(5)6)67(52(32-43)40(7)8)73-55-23-17-21-49-65-59(29-27-47-45-19-13-15-25-63(45)77-71(47)65)75(69(49)55)61-36-58-62(35-57(61)73)76-60-30-28-48-46-20-14-16-26-64(46)78-72(48)66(60)50-22-18-24-56(70(50)76)74(58)68-53(41(9)10)33-44(38(3)4)34-54(68)42(11)12/h13-42H,1-12H3. The summed E-state index contributed by atoms with van der Waals surface area (Å²) < 4.78 is 19.3. The van der Waals surface area contributed by atoms with Crippen molar-refractivity contribution in [3.05, 3.63) is 179 Å². The zero-order valence-corrected chi connectivity index (χ0v) is 47.2. The molecule has 0 bridgehead atoms. The lowest BCUT2D eigenvalue weighted by molar-refractivity contribution is 0.672. The normalized spacial score (nSPS) is 13.5. The molecule has 6 heterocycles. The van der Waals surface area contributed by atoms with Crippen molar-refractivity contribution in [2.75, 3.05) is 0 Å². The Hall–Kier alpha value is -7.69. The fourth-order valence-electron chi connectivity index (χ4n) is 14.8. The largest absolute Gasteiger partial charge is 0.455 e. The van der Waals surface area contributed by atoms with E-state index in [0.717, 1.165) is 43.9 Å². The van der Waals surface area contributed by atoms with E-state index in [1.165, 1.54) is 121 Å². The van der Waals surface area contributed by atoms with Gasteiger partial charge < -0.3 is 18.0 Å². The second kappa shape index (κ2) is 16.9. The predicted octanol–water partition coefficient (Wildman–Crippen LogP) is 16.1. The molecule has 2 aliphatic heterocycles. The van der Waals surface area contributed by atoms with E-state index in [4.69, 9.17) is 8.83 Å². The molecule has 0 atom stereocenters. The molecular weight excluding hydrogens is 946 g/mol. The van der Waals surface area contributed by atoms with Gasteiger partial charge in [0.25, 0.3) is 0 Å². The van der Waals surface area contributed by atoms with Gasteiger partial charge in [-0.05, 0) is 139 Å². The zero-order valence-electron chi connectivity index (χ0n) is 47.2. The molecule has 0 amide bonds. The summed E-state index contributed by atoms with van der Waals surface area (Å²) in [6, 6.07) is 56.3. The Labute approximate surface area is 458 Å². The molecule has 6 heteroatoms. The Balaban J connectivity index is 1.16. The van der Waals surface area contributed by atoms with Crippen LogP contribution in [0.1, 0.15) is 152 Å². The SMILES string of the molecule is CC(C)c1cc(C(C)C)c(B2c3cc4c(cc3-n3c5ccc6c7ccccc7oc6c5c5cccc2c53)B(c2c(C(C)C)cc(C(C)C)cc2C(C)C)c2cccc3c5c6oc7ccccc7c6ccc5n-4c23)c(C(C)C)c1. The highest BCUT2D eigenvalue weighted by Gasteiger charge is 2.43. The summed E-state index contributed by atoms with van der Waals surface area (Å²) in [6.45, 7) is 28.5. The van der Waals surface area contributed by atoms with E-state index in [1.807, 2.05) is 0 Å². The van der Waals surface area contributed by atoms with Crippen LogP contribution in [-0.4, -0.2) is 22.6 Å². The molecule has 382 valence electrons. The molecule has 78 heavy (non-hydrogen) atoms. The van der Waals surface area contributed by atoms with E-state index < -0.39 is 0 Å². The van der Waals surface area contributed by atoms with Crippen LogP contribution in [-0.2, 0) is 0 Å². The van der Waals surface area contributed by atoms with Crippen LogP contribution in [0, 0.1) is 0 Å². The van der Waals surface area contributed by atoms with Gasteiger partial charge in [-0.15, -0.1) is 0 Å². The van der Waals surface area contributed by atoms with Crippen molar-refractivity contribution >= 4 is 134 Å². The highest BCUT2D eigenvalue weighted by Crippen LogP contribution is 2.45. The monoisotopic (exact) mass is 1010 g/mol. The van der Waals surface area contributed by atoms with Crippen molar-refractivity contribution in [1.82, 2.24) is 9.13 Å². The number of para-hydroxylation sites is 4. The molecule has 0 fully saturated rings. The second-order valence-electron chi connectivity index (χ2n) is 25.0. The highest BCUT2D eigenvalue weighted by molar-refractivity contribution is 7.00. The van der Waals surface area contributed by atoms with Crippen LogP contribution in [0.2, 0.25) is 0 Å². The Bertz CT molecular complexity index is 4360. The topological polar surface area (TPSA) is 36.1 Å². The minimum atomic E-state index is -0.0641. The molecule has 0 radical (unpaired) electrons. The maximum absolute atomic E-state index is 7.02. The van der Waals surface area contributed by atoms with Gasteiger partial charge >= 0.3 is 0 Å². The van der Waals surface area contributed by atoms with Crippen LogP contribution >= 0.6 is 0 Å². The van der Waals surface area contributed by atoms with Crippen LogP contribution in [0.25, 0.3) is 98.9 Å². The van der Waals surface area contributed by atoms with Gasteiger partial charge in [-0.25, -0.2) is 0 Å². The Morgan fingerprint density at radius 3 is 1.05 bits per heavy atom. The fraction of sp³-hybridized carbons (Fsp3) is 0.250. The van der Waals surface area contributed by atoms with Gasteiger partial charge in [0.1, 0.15) is 22.3 Å². The lowest BCUT2D eigenvalue weighted by atomic mass is 9.31. The van der Waals surface area contributed by atoms with Crippen molar-refractivity contribution in [2.45, 2.75) is 119 Å². The van der Waals surface area contributed by atoms with Crippen LogP contribution in [0.4, 0.5) is 0 Å². The first kappa shape index (κ1) is 47.5. The van der Waals surface area contributed by atoms with E-state index in [0.29, 0.717) is 35.5 Å². The van der Waals surface area contributed by atoms with Gasteiger partial charge in [-0.2, -0.15) is 0 Å². The van der Waals surface area contributed by atoms with Crippen molar-refractivity contribution < 1.29 is 8.83 Å². The molecule has 0 unspecified atom stereocenters. The maximum Gasteiger partial charge on any atom is 0.247 e. The van der Waals surface area contributed by atoms with Crippen LogP contribution < -0.4 is 32.8 Å². The minimum Gasteiger partial charge on any atom is -0.455 e. The summed E-state index contributed by atoms with van der Waals surface area (Å²) in [5.41, 5.74) is 28.0. The van der Waals surface area contributed by atoms with Gasteiger partial charge in [0, 0.05) is 54.7 Å². The number of aromatic nitrogens is 2. The molecule has 9 aromatic carbocycles. The smallest absolute Gasteiger partial charge is 0.247 e. The average Bonchev–Trinajstić information content (AvgIpc) is 4.23. The Morgan fingerprint density at radius 2 is 0.692 bits per heavy atom. The first-order valence-corrected chi connectivity index (χ1v) is 29.0. The highest BCUT2D eigenvalue weighted by atomic mass is 16.3. The lowest BCUT2D eigenvalue weighted by Gasteiger charge is -2.36. The molecule has 4 aromatic heterocycles. The van der Waals surface area contributed by atoms with Gasteiger partial charge in [-0.3, -0.25) is 0 Å². The molecule has 0 saturated carbocycles. The Morgan fingerprint density at radius 1 is 0.333 bits per heavy atom. The second-order valence-corrected chi connectivity index (χ2v) is 25.0. The number of benzene rings is 9. The molecule has 0 spiro atoms. The number of rotatable bonds is 8. The lowest BCUT2D eigenvalue weighted by Crippen LogP contribution is -2.61. The molecule has 13 aromatic rings. The van der Waals surface area contributed by atoms with Gasteiger partial charge in [0.05, 0.1) is 21.8 Å². The first-order chi connectivity index (χ1) is 37.7. The quantitative estimate of drug-likeness (QED) is 0.142. The zero-order chi connectivity index (χ0) is 53.5. The Kier molecular flexibility index (Phi) is 10.3. The van der Waals surface area contributed by atoms with Crippen molar-refractivity contribution in [1.29, 1.82) is 0 Å². The molecule has 0 aliphatic carbocycles. The van der Waals surface area contributed by atoms with Crippen molar-refractivity contribution in [3.63, 3.8) is 0 Å². The van der Waals surface area contributed by atoms with Crippen LogP contribution in [0.5, 0.6) is 0 Å². The number of nitrogens with zero attached hydrogens (tertiary/aromatic N) is 2. The van der Waals surface area contributed by atoms with E-state index in [1.54, 1.807) is 0 Å². The summed E-state index contributed by atoms with van der Waals surface area (Å²) in [5, 5.41) is 9.44. The third kappa shape index (κ3) is 6.38. The number of furan rings is 2. The third-order valence-electron chi connectivity index (χ3n) is 18.5. The van der Waals surface area contributed by atoms with Gasteiger partial charge in [0.15, 0.2) is 0 Å². The summed E-state index contributed by atoms with van der Waals surface area (Å²) >= 11 is 0. The van der Waals surface area contributed by atoms with E-state index in [9.17, 15) is 0 Å². The van der Waals surface area contributed by atoms with Crippen LogP contribution in [0.3, 0.4) is 0 Å². The molecule has 2 aliphatic rings. The van der Waals surface area contributed by atoms with Crippen LogP contribution in [0.15, 0.2) is 154 Å². The number of fused-ring (bicyclic) bond motifs is 18. The van der Waals surface area contributed by atoms with E-state index in [-0.39, 0.29) is 13.4 Å². The minimum absolute atomic E-state index is 0.0641. The van der Waals surface area contributed by atoms with Gasteiger partial charge in [0.2, 0.25) is 13.4 Å². The first-order valence-electron chi connectivity index (χ1n) is 29.0. The predicted molar refractivity (Wildman–Crippen MR) is 336 cm³/mol. The van der Waals surface area contributed by atoms with Gasteiger partial charge in [-0.1, -0.05) is 191 Å². The molecular formula is C72H66B2N2O2. The molecule has 0 saturated heterocycles. The molecule has 15 rings (SSSR count). The van der Waals surface area contributed by atoms with Crippen molar-refractivity contribution in [3.8, 4) is 11.4 Å². The van der Waals surface area contributed by atoms with Crippen molar-refractivity contribution in [2.24, 2.45) is 0 Å². The third-order valence-corrected chi connectivity index (χ3v) is 18.5. The summed E-state index contributed by atoms with van der Waals surface area (Å²) in [4.78, 5) is 0. The maximum atomic E-state index is 7.02.